The van der Waals surface area contributed by atoms with E-state index in [1.807, 2.05) is 11.5 Å². The highest BCUT2D eigenvalue weighted by atomic mass is 19.1. The number of rotatable bonds is 4. The van der Waals surface area contributed by atoms with Crippen LogP contribution in [0.15, 0.2) is 24.5 Å². The van der Waals surface area contributed by atoms with Crippen molar-refractivity contribution in [1.82, 2.24) is 9.55 Å². The third kappa shape index (κ3) is 2.51. The zero-order chi connectivity index (χ0) is 14.0. The summed E-state index contributed by atoms with van der Waals surface area (Å²) in [6.45, 7) is 4.32. The maximum Gasteiger partial charge on any atom is 0.134 e. The summed E-state index contributed by atoms with van der Waals surface area (Å²) in [5.74, 6) is -0.759. The van der Waals surface area contributed by atoms with Gasteiger partial charge in [0.25, 0.3) is 0 Å². The van der Waals surface area contributed by atoms with Crippen LogP contribution >= 0.6 is 0 Å². The van der Waals surface area contributed by atoms with Crippen LogP contribution in [0.3, 0.4) is 0 Å². The Kier molecular flexibility index (Phi) is 3.95. The summed E-state index contributed by atoms with van der Waals surface area (Å²) in [5, 5.41) is 0. The average molecular weight is 265 g/mol. The van der Waals surface area contributed by atoms with Gasteiger partial charge in [-0.1, -0.05) is 13.0 Å². The first kappa shape index (κ1) is 13.7. The molecule has 0 aliphatic carbocycles. The van der Waals surface area contributed by atoms with Crippen molar-refractivity contribution in [1.29, 1.82) is 0 Å². The molecule has 5 heteroatoms. The summed E-state index contributed by atoms with van der Waals surface area (Å²) in [6.07, 6.45) is 4.26. The molecule has 0 spiro atoms. The number of nitrogens with zero attached hydrogens (tertiary/aromatic N) is 2. The second-order valence-electron chi connectivity index (χ2n) is 4.55. The fourth-order valence-corrected chi connectivity index (χ4v) is 2.12. The van der Waals surface area contributed by atoms with Crippen LogP contribution < -0.4 is 5.73 Å². The Bertz CT molecular complexity index is 578. The van der Waals surface area contributed by atoms with Crippen LogP contribution in [0.5, 0.6) is 0 Å². The van der Waals surface area contributed by atoms with E-state index in [9.17, 15) is 8.78 Å². The maximum atomic E-state index is 14.1. The lowest BCUT2D eigenvalue weighted by Crippen LogP contribution is -2.21. The fraction of sp³-hybridized carbons (Fsp3) is 0.357. The average Bonchev–Trinajstić information content (AvgIpc) is 2.83. The summed E-state index contributed by atoms with van der Waals surface area (Å²) in [6, 6.07) is 1.74. The highest BCUT2D eigenvalue weighted by molar-refractivity contribution is 5.32. The van der Waals surface area contributed by atoms with E-state index in [1.54, 1.807) is 19.3 Å². The van der Waals surface area contributed by atoms with Crippen molar-refractivity contribution in [3.05, 3.63) is 53.1 Å². The molecule has 2 N–H and O–H groups in total. The number of benzene rings is 1. The first-order valence-corrected chi connectivity index (χ1v) is 6.27. The minimum absolute atomic E-state index is 0.122. The molecule has 1 aromatic carbocycles. The van der Waals surface area contributed by atoms with Crippen molar-refractivity contribution < 1.29 is 8.78 Å². The van der Waals surface area contributed by atoms with E-state index in [1.165, 1.54) is 12.1 Å². The molecule has 0 fully saturated rings. The predicted octanol–water partition coefficient (Wildman–Crippen LogP) is 2.93. The van der Waals surface area contributed by atoms with E-state index in [-0.39, 0.29) is 5.56 Å². The van der Waals surface area contributed by atoms with Gasteiger partial charge in [0, 0.05) is 24.5 Å². The molecule has 102 valence electrons. The molecule has 0 bridgehead atoms. The molecule has 0 aliphatic rings. The summed E-state index contributed by atoms with van der Waals surface area (Å²) < 4.78 is 29.7. The van der Waals surface area contributed by atoms with Crippen LogP contribution in [-0.2, 0) is 6.54 Å². The van der Waals surface area contributed by atoms with Crippen molar-refractivity contribution in [3.8, 4) is 0 Å². The van der Waals surface area contributed by atoms with Crippen molar-refractivity contribution in [3.63, 3.8) is 0 Å². The standard InChI is InChI=1S/C14H17F2N3/c1-3-7-19-8-6-18-14(19)13(17)11-10(15)5-4-9(2)12(11)16/h4-6,8,13H,3,7,17H2,1-2H3. The van der Waals surface area contributed by atoms with Crippen molar-refractivity contribution >= 4 is 0 Å². The van der Waals surface area contributed by atoms with Crippen LogP contribution in [0.1, 0.15) is 36.3 Å². The Hall–Kier alpha value is -1.75. The lowest BCUT2D eigenvalue weighted by atomic mass is 10.0. The van der Waals surface area contributed by atoms with E-state index >= 15 is 0 Å². The topological polar surface area (TPSA) is 43.8 Å². The summed E-state index contributed by atoms with van der Waals surface area (Å²) in [7, 11) is 0. The first-order valence-electron chi connectivity index (χ1n) is 6.27. The smallest absolute Gasteiger partial charge is 0.134 e. The van der Waals surface area contributed by atoms with Crippen LogP contribution in [0.25, 0.3) is 0 Å². The van der Waals surface area contributed by atoms with Gasteiger partial charge in [0.2, 0.25) is 0 Å². The molecule has 0 saturated heterocycles. The van der Waals surface area contributed by atoms with Crippen LogP contribution in [0.4, 0.5) is 8.78 Å². The van der Waals surface area contributed by atoms with Gasteiger partial charge in [-0.2, -0.15) is 0 Å². The molecule has 19 heavy (non-hydrogen) atoms. The number of hydrogen-bond acceptors (Lipinski definition) is 2. The fourth-order valence-electron chi connectivity index (χ4n) is 2.12. The van der Waals surface area contributed by atoms with Gasteiger partial charge >= 0.3 is 0 Å². The third-order valence-electron chi connectivity index (χ3n) is 3.12. The van der Waals surface area contributed by atoms with E-state index in [0.29, 0.717) is 11.4 Å². The Balaban J connectivity index is 2.47. The number of hydrogen-bond donors (Lipinski definition) is 1. The van der Waals surface area contributed by atoms with E-state index < -0.39 is 17.7 Å². The van der Waals surface area contributed by atoms with Gasteiger partial charge in [0.05, 0.1) is 6.04 Å². The molecule has 1 aromatic heterocycles. The number of nitrogens with two attached hydrogens (primary N) is 1. The predicted molar refractivity (Wildman–Crippen MR) is 69.6 cm³/mol. The number of imidazole rings is 1. The molecule has 1 atom stereocenters. The molecule has 2 rings (SSSR count). The quantitative estimate of drug-likeness (QED) is 0.923. The molecule has 3 nitrogen and oxygen atoms in total. The molecule has 0 aliphatic heterocycles. The van der Waals surface area contributed by atoms with Crippen LogP contribution in [0, 0.1) is 18.6 Å². The first-order chi connectivity index (χ1) is 9.06. The molecule has 0 radical (unpaired) electrons. The minimum Gasteiger partial charge on any atom is -0.333 e. The Labute approximate surface area is 111 Å². The van der Waals surface area contributed by atoms with Crippen LogP contribution in [-0.4, -0.2) is 9.55 Å². The van der Waals surface area contributed by atoms with Gasteiger partial charge in [0.1, 0.15) is 17.5 Å². The summed E-state index contributed by atoms with van der Waals surface area (Å²) in [5.41, 5.74) is 6.25. The third-order valence-corrected chi connectivity index (χ3v) is 3.12. The van der Waals surface area contributed by atoms with Gasteiger partial charge in [-0.05, 0) is 25.0 Å². The van der Waals surface area contributed by atoms with Gasteiger partial charge in [-0.25, -0.2) is 13.8 Å². The Morgan fingerprint density at radius 3 is 2.79 bits per heavy atom. The molecular formula is C14H17F2N3. The highest BCUT2D eigenvalue weighted by Crippen LogP contribution is 2.26. The van der Waals surface area contributed by atoms with Gasteiger partial charge in [-0.15, -0.1) is 0 Å². The maximum absolute atomic E-state index is 14.1. The van der Waals surface area contributed by atoms with E-state index in [2.05, 4.69) is 4.98 Å². The molecule has 0 saturated carbocycles. The Morgan fingerprint density at radius 2 is 2.11 bits per heavy atom. The SMILES string of the molecule is CCCn1ccnc1C(N)c1c(F)ccc(C)c1F. The van der Waals surface area contributed by atoms with Gasteiger partial charge in [0.15, 0.2) is 0 Å². The molecule has 2 aromatic rings. The summed E-state index contributed by atoms with van der Waals surface area (Å²) in [4.78, 5) is 4.13. The van der Waals surface area contributed by atoms with Gasteiger partial charge in [-0.3, -0.25) is 0 Å². The zero-order valence-electron chi connectivity index (χ0n) is 11.0. The summed E-state index contributed by atoms with van der Waals surface area (Å²) >= 11 is 0. The van der Waals surface area contributed by atoms with Gasteiger partial charge < -0.3 is 10.3 Å². The number of aromatic nitrogens is 2. The molecular weight excluding hydrogens is 248 g/mol. The Morgan fingerprint density at radius 1 is 1.37 bits per heavy atom. The van der Waals surface area contributed by atoms with Crippen molar-refractivity contribution in [2.45, 2.75) is 32.9 Å². The molecule has 1 heterocycles. The van der Waals surface area contributed by atoms with E-state index in [4.69, 9.17) is 5.73 Å². The number of aryl methyl sites for hydroxylation is 2. The lowest BCUT2D eigenvalue weighted by Gasteiger charge is -2.16. The highest BCUT2D eigenvalue weighted by Gasteiger charge is 2.23. The van der Waals surface area contributed by atoms with Crippen molar-refractivity contribution in [2.24, 2.45) is 5.73 Å². The monoisotopic (exact) mass is 265 g/mol. The second-order valence-corrected chi connectivity index (χ2v) is 4.55. The molecule has 1 unspecified atom stereocenters. The molecule has 0 amide bonds. The largest absolute Gasteiger partial charge is 0.333 e. The minimum atomic E-state index is -0.901. The second kappa shape index (κ2) is 5.48. The normalized spacial score (nSPS) is 12.7. The van der Waals surface area contributed by atoms with E-state index in [0.717, 1.165) is 13.0 Å². The van der Waals surface area contributed by atoms with Crippen LogP contribution in [0.2, 0.25) is 0 Å². The van der Waals surface area contributed by atoms with Crippen molar-refractivity contribution in [2.75, 3.05) is 0 Å². The zero-order valence-corrected chi connectivity index (χ0v) is 11.0. The lowest BCUT2D eigenvalue weighted by molar-refractivity contribution is 0.521. The number of halogens is 2.